The number of benzene rings is 1. The minimum absolute atomic E-state index is 0.123. The molecular formula is C17H25F2NO2. The smallest absolute Gasteiger partial charge is 0.387 e. The van der Waals surface area contributed by atoms with Gasteiger partial charge in [-0.2, -0.15) is 8.78 Å². The molecule has 3 nitrogen and oxygen atoms in total. The first-order chi connectivity index (χ1) is 10.5. The Labute approximate surface area is 130 Å². The highest BCUT2D eigenvalue weighted by atomic mass is 19.3. The number of nitrogens with one attached hydrogen (secondary N) is 1. The van der Waals surface area contributed by atoms with Crippen LogP contribution >= 0.6 is 0 Å². The number of alkyl halides is 2. The second kappa shape index (κ2) is 8.44. The molecule has 0 radical (unpaired) electrons. The molecule has 0 heterocycles. The van der Waals surface area contributed by atoms with Crippen molar-refractivity contribution < 1.29 is 18.6 Å². The molecule has 0 aromatic heterocycles. The van der Waals surface area contributed by atoms with Gasteiger partial charge in [-0.3, -0.25) is 0 Å². The molecule has 1 saturated carbocycles. The Hall–Kier alpha value is -1.20. The van der Waals surface area contributed by atoms with Gasteiger partial charge in [0.1, 0.15) is 5.75 Å². The summed E-state index contributed by atoms with van der Waals surface area (Å²) in [5.41, 5.74) is 1.12. The fourth-order valence-electron chi connectivity index (χ4n) is 2.95. The number of halogens is 2. The van der Waals surface area contributed by atoms with Gasteiger partial charge in [-0.05, 0) is 63.1 Å². The molecule has 0 saturated heterocycles. The molecule has 1 aromatic rings. The average molecular weight is 313 g/mol. The Balaban J connectivity index is 1.70. The van der Waals surface area contributed by atoms with Gasteiger partial charge in [0, 0.05) is 12.1 Å². The van der Waals surface area contributed by atoms with Crippen LogP contribution in [0.5, 0.6) is 5.75 Å². The van der Waals surface area contributed by atoms with E-state index < -0.39 is 6.61 Å². The zero-order valence-electron chi connectivity index (χ0n) is 13.0. The molecule has 0 amide bonds. The highest BCUT2D eigenvalue weighted by molar-refractivity contribution is 5.27. The van der Waals surface area contributed by atoms with Crippen molar-refractivity contribution in [1.82, 2.24) is 5.32 Å². The van der Waals surface area contributed by atoms with Crippen molar-refractivity contribution in [3.63, 3.8) is 0 Å². The van der Waals surface area contributed by atoms with Gasteiger partial charge in [0.05, 0.1) is 6.10 Å². The van der Waals surface area contributed by atoms with E-state index in [1.165, 1.54) is 0 Å². The van der Waals surface area contributed by atoms with Crippen molar-refractivity contribution in [3.8, 4) is 5.75 Å². The van der Waals surface area contributed by atoms with Crippen LogP contribution in [-0.2, 0) is 6.42 Å². The maximum absolute atomic E-state index is 12.1. The Kier molecular flexibility index (Phi) is 6.58. The number of aliphatic hydroxyl groups is 1. The van der Waals surface area contributed by atoms with Gasteiger partial charge >= 0.3 is 6.61 Å². The van der Waals surface area contributed by atoms with Crippen molar-refractivity contribution in [2.24, 2.45) is 0 Å². The summed E-state index contributed by atoms with van der Waals surface area (Å²) in [5.74, 6) is 0.200. The third-order valence-electron chi connectivity index (χ3n) is 4.23. The van der Waals surface area contributed by atoms with Crippen LogP contribution in [0.15, 0.2) is 24.3 Å². The van der Waals surface area contributed by atoms with Crippen molar-refractivity contribution in [1.29, 1.82) is 0 Å². The maximum atomic E-state index is 12.1. The van der Waals surface area contributed by atoms with Gasteiger partial charge < -0.3 is 15.2 Å². The molecule has 1 aromatic carbocycles. The van der Waals surface area contributed by atoms with E-state index in [9.17, 15) is 13.9 Å². The van der Waals surface area contributed by atoms with E-state index in [0.29, 0.717) is 12.1 Å². The molecule has 1 aliphatic rings. The number of hydrogen-bond donors (Lipinski definition) is 2. The second-order valence-corrected chi connectivity index (χ2v) is 6.13. The zero-order valence-corrected chi connectivity index (χ0v) is 13.0. The molecule has 2 rings (SSSR count). The van der Waals surface area contributed by atoms with Crippen LogP contribution in [0, 0.1) is 0 Å². The summed E-state index contributed by atoms with van der Waals surface area (Å²) >= 11 is 0. The van der Waals surface area contributed by atoms with E-state index >= 15 is 0 Å². The van der Waals surface area contributed by atoms with Gasteiger partial charge in [-0.25, -0.2) is 0 Å². The van der Waals surface area contributed by atoms with Crippen LogP contribution in [0.25, 0.3) is 0 Å². The SMILES string of the molecule is CC(CCc1ccc(OC(F)F)cc1)NC1CCC(O)CC1. The van der Waals surface area contributed by atoms with E-state index in [1.807, 2.05) is 12.1 Å². The van der Waals surface area contributed by atoms with E-state index in [2.05, 4.69) is 17.0 Å². The lowest BCUT2D eigenvalue weighted by molar-refractivity contribution is -0.0498. The first-order valence-electron chi connectivity index (χ1n) is 8.01. The van der Waals surface area contributed by atoms with Crippen LogP contribution in [0.3, 0.4) is 0 Å². The molecule has 0 aliphatic heterocycles. The number of ether oxygens (including phenoxy) is 1. The predicted molar refractivity (Wildman–Crippen MR) is 82.3 cm³/mol. The van der Waals surface area contributed by atoms with Crippen molar-refractivity contribution >= 4 is 0 Å². The van der Waals surface area contributed by atoms with Crippen molar-refractivity contribution in [3.05, 3.63) is 29.8 Å². The molecule has 0 spiro atoms. The summed E-state index contributed by atoms with van der Waals surface area (Å²) in [6, 6.07) is 7.74. The molecular weight excluding hydrogens is 288 g/mol. The van der Waals surface area contributed by atoms with Gasteiger partial charge in [0.2, 0.25) is 0 Å². The van der Waals surface area contributed by atoms with Gasteiger partial charge in [-0.15, -0.1) is 0 Å². The van der Waals surface area contributed by atoms with Gasteiger partial charge in [0.15, 0.2) is 0 Å². The normalized spacial score (nSPS) is 23.5. The molecule has 1 unspecified atom stereocenters. The molecule has 0 bridgehead atoms. The minimum atomic E-state index is -2.77. The van der Waals surface area contributed by atoms with Crippen LogP contribution in [0.1, 0.15) is 44.6 Å². The highest BCUT2D eigenvalue weighted by Gasteiger charge is 2.20. The predicted octanol–water partition coefficient (Wildman–Crippen LogP) is 3.50. The molecule has 1 aliphatic carbocycles. The monoisotopic (exact) mass is 313 g/mol. The van der Waals surface area contributed by atoms with Gasteiger partial charge in [0.25, 0.3) is 0 Å². The largest absolute Gasteiger partial charge is 0.435 e. The quantitative estimate of drug-likeness (QED) is 0.809. The Morgan fingerprint density at radius 1 is 1.18 bits per heavy atom. The van der Waals surface area contributed by atoms with E-state index in [0.717, 1.165) is 44.1 Å². The number of hydrogen-bond acceptors (Lipinski definition) is 3. The summed E-state index contributed by atoms with van der Waals surface area (Å²) in [5, 5.41) is 13.1. The molecule has 124 valence electrons. The molecule has 1 atom stereocenters. The molecule has 2 N–H and O–H groups in total. The fourth-order valence-corrected chi connectivity index (χ4v) is 2.95. The Morgan fingerprint density at radius 3 is 2.41 bits per heavy atom. The molecule has 1 fully saturated rings. The minimum Gasteiger partial charge on any atom is -0.435 e. The topological polar surface area (TPSA) is 41.5 Å². The summed E-state index contributed by atoms with van der Waals surface area (Å²) in [7, 11) is 0. The van der Waals surface area contributed by atoms with E-state index in [-0.39, 0.29) is 11.9 Å². The third-order valence-corrected chi connectivity index (χ3v) is 4.23. The lowest BCUT2D eigenvalue weighted by Crippen LogP contribution is -2.40. The van der Waals surface area contributed by atoms with Crippen LogP contribution in [0.4, 0.5) is 8.78 Å². The van der Waals surface area contributed by atoms with Crippen LogP contribution in [-0.4, -0.2) is 29.9 Å². The highest BCUT2D eigenvalue weighted by Crippen LogP contribution is 2.20. The van der Waals surface area contributed by atoms with E-state index in [4.69, 9.17) is 0 Å². The standard InChI is InChI=1S/C17H25F2NO2/c1-12(20-14-6-8-15(21)9-7-14)2-3-13-4-10-16(11-5-13)22-17(18)19/h4-5,10-12,14-15,17,20-21H,2-3,6-9H2,1H3. The molecule has 5 heteroatoms. The second-order valence-electron chi connectivity index (χ2n) is 6.13. The average Bonchev–Trinajstić information content (AvgIpc) is 2.48. The van der Waals surface area contributed by atoms with Crippen molar-refractivity contribution in [2.75, 3.05) is 0 Å². The summed E-state index contributed by atoms with van der Waals surface area (Å²) in [6.45, 7) is -0.608. The summed E-state index contributed by atoms with van der Waals surface area (Å²) < 4.78 is 28.5. The third kappa shape index (κ3) is 5.89. The number of rotatable bonds is 7. The van der Waals surface area contributed by atoms with Crippen LogP contribution < -0.4 is 10.1 Å². The fraction of sp³-hybridized carbons (Fsp3) is 0.647. The van der Waals surface area contributed by atoms with E-state index in [1.54, 1.807) is 12.1 Å². The lowest BCUT2D eigenvalue weighted by Gasteiger charge is -2.29. The number of aryl methyl sites for hydroxylation is 1. The van der Waals surface area contributed by atoms with Crippen molar-refractivity contribution in [2.45, 2.75) is 70.2 Å². The zero-order chi connectivity index (χ0) is 15.9. The summed E-state index contributed by atoms with van der Waals surface area (Å²) in [4.78, 5) is 0. The first-order valence-corrected chi connectivity index (χ1v) is 8.01. The Morgan fingerprint density at radius 2 is 1.82 bits per heavy atom. The first kappa shape index (κ1) is 17.2. The number of aliphatic hydroxyl groups excluding tert-OH is 1. The van der Waals surface area contributed by atoms with Crippen LogP contribution in [0.2, 0.25) is 0 Å². The van der Waals surface area contributed by atoms with Gasteiger partial charge in [-0.1, -0.05) is 12.1 Å². The maximum Gasteiger partial charge on any atom is 0.387 e. The molecule has 22 heavy (non-hydrogen) atoms. The lowest BCUT2D eigenvalue weighted by atomic mass is 9.92. The summed E-state index contributed by atoms with van der Waals surface area (Å²) in [6.07, 6.45) is 5.61. The Bertz CT molecular complexity index is 431.